The molecule has 3 N–H and O–H groups in total. The van der Waals surface area contributed by atoms with Gasteiger partial charge in [0.05, 0.1) is 39.8 Å². The van der Waals surface area contributed by atoms with Gasteiger partial charge in [-0.05, 0) is 35.6 Å². The van der Waals surface area contributed by atoms with Gasteiger partial charge in [0.15, 0.2) is 0 Å². The van der Waals surface area contributed by atoms with Crippen molar-refractivity contribution in [3.05, 3.63) is 97.0 Å². The van der Waals surface area contributed by atoms with E-state index >= 15 is 0 Å². The molecule has 8 rings (SSSR count). The first-order chi connectivity index (χ1) is 17.9. The van der Waals surface area contributed by atoms with Crippen molar-refractivity contribution in [2.24, 2.45) is 0 Å². The Morgan fingerprint density at radius 2 is 1.64 bits per heavy atom. The molecule has 0 unspecified atom stereocenters. The van der Waals surface area contributed by atoms with Crippen molar-refractivity contribution in [3.63, 3.8) is 0 Å². The second-order valence-corrected chi connectivity index (χ2v) is 9.35. The summed E-state index contributed by atoms with van der Waals surface area (Å²) in [5, 5.41) is 11.6. The van der Waals surface area contributed by atoms with Crippen molar-refractivity contribution in [2.45, 2.75) is 6.42 Å². The fourth-order valence-corrected chi connectivity index (χ4v) is 5.79. The monoisotopic (exact) mass is 466 g/mol. The Kier molecular flexibility index (Phi) is 3.96. The van der Waals surface area contributed by atoms with E-state index in [-0.39, 0.29) is 0 Å². The van der Waals surface area contributed by atoms with Gasteiger partial charge in [0.25, 0.3) is 0 Å². The zero-order valence-corrected chi connectivity index (χ0v) is 19.4. The van der Waals surface area contributed by atoms with Crippen LogP contribution in [0.15, 0.2) is 91.4 Å². The maximum Gasteiger partial charge on any atom is 0.104 e. The number of imidazole rings is 1. The van der Waals surface area contributed by atoms with Crippen LogP contribution in [0.5, 0.6) is 0 Å². The summed E-state index contributed by atoms with van der Waals surface area (Å²) < 4.78 is 0. The Morgan fingerprint density at radius 3 is 2.61 bits per heavy atom. The molecular weight excluding hydrogens is 444 g/mol. The normalized spacial score (nSPS) is 13.3. The van der Waals surface area contributed by atoms with Crippen molar-refractivity contribution in [1.29, 1.82) is 0 Å². The maximum absolute atomic E-state index is 4.85. The van der Waals surface area contributed by atoms with Crippen LogP contribution in [-0.2, 0) is 6.42 Å². The van der Waals surface area contributed by atoms with Gasteiger partial charge in [-0.15, -0.1) is 0 Å². The standard InChI is InChI=1S/C30H22N6/c1-3-9-20-19(8-1)16-31-27(20)22-15-24-29(33-17-32-24)26(28-21-10-4-5-11-23(21)34-35-28)30(22)36-14-13-18-7-2-6-12-25(18)36/h1-12,15-17,31H,13-14H2,(H,32,33)(H,34,35). The van der Waals surface area contributed by atoms with E-state index in [4.69, 9.17) is 10.1 Å². The van der Waals surface area contributed by atoms with Crippen molar-refractivity contribution in [1.82, 2.24) is 25.1 Å². The predicted octanol–water partition coefficient (Wildman–Crippen LogP) is 6.95. The summed E-state index contributed by atoms with van der Waals surface area (Å²) in [6, 6.07) is 27.7. The third-order valence-corrected chi connectivity index (χ3v) is 7.42. The minimum atomic E-state index is 0.899. The Hall–Kier alpha value is -4.84. The van der Waals surface area contributed by atoms with Crippen LogP contribution in [0.25, 0.3) is 55.2 Å². The number of rotatable bonds is 3. The topological polar surface area (TPSA) is 76.4 Å². The number of fused-ring (bicyclic) bond motifs is 4. The number of aromatic amines is 3. The molecule has 4 heterocycles. The first-order valence-corrected chi connectivity index (χ1v) is 12.2. The second-order valence-electron chi connectivity index (χ2n) is 9.35. The predicted molar refractivity (Wildman–Crippen MR) is 146 cm³/mol. The number of anilines is 2. The number of H-pyrrole nitrogens is 3. The van der Waals surface area contributed by atoms with Crippen molar-refractivity contribution in [2.75, 3.05) is 11.4 Å². The molecule has 36 heavy (non-hydrogen) atoms. The molecular formula is C30H22N6. The molecule has 0 atom stereocenters. The van der Waals surface area contributed by atoms with Crippen LogP contribution in [0.4, 0.5) is 11.4 Å². The molecule has 6 nitrogen and oxygen atoms in total. The maximum atomic E-state index is 4.85. The Balaban J connectivity index is 1.53. The van der Waals surface area contributed by atoms with Gasteiger partial charge in [-0.3, -0.25) is 5.10 Å². The van der Waals surface area contributed by atoms with E-state index in [0.717, 1.165) is 63.1 Å². The van der Waals surface area contributed by atoms with E-state index in [1.165, 1.54) is 22.0 Å². The fourth-order valence-electron chi connectivity index (χ4n) is 5.79. The molecule has 0 spiro atoms. The summed E-state index contributed by atoms with van der Waals surface area (Å²) in [4.78, 5) is 14.2. The highest BCUT2D eigenvalue weighted by Crippen LogP contribution is 2.49. The quantitative estimate of drug-likeness (QED) is 0.264. The number of aromatic nitrogens is 5. The van der Waals surface area contributed by atoms with Gasteiger partial charge >= 0.3 is 0 Å². The van der Waals surface area contributed by atoms with Crippen LogP contribution in [0.3, 0.4) is 0 Å². The summed E-state index contributed by atoms with van der Waals surface area (Å²) in [7, 11) is 0. The summed E-state index contributed by atoms with van der Waals surface area (Å²) in [6.45, 7) is 0.899. The molecule has 0 radical (unpaired) electrons. The minimum Gasteiger partial charge on any atom is -0.360 e. The van der Waals surface area contributed by atoms with Crippen LogP contribution in [-0.4, -0.2) is 31.7 Å². The zero-order valence-electron chi connectivity index (χ0n) is 19.4. The lowest BCUT2D eigenvalue weighted by Crippen LogP contribution is -2.16. The number of hydrogen-bond acceptors (Lipinski definition) is 3. The molecule has 0 bridgehead atoms. The average Bonchev–Trinajstić information content (AvgIpc) is 3.72. The van der Waals surface area contributed by atoms with Crippen molar-refractivity contribution in [3.8, 4) is 22.5 Å². The Labute approximate surface area is 206 Å². The van der Waals surface area contributed by atoms with Gasteiger partial charge in [-0.2, -0.15) is 5.10 Å². The van der Waals surface area contributed by atoms with Gasteiger partial charge < -0.3 is 14.9 Å². The van der Waals surface area contributed by atoms with E-state index in [0.29, 0.717) is 0 Å². The molecule has 0 fully saturated rings. The van der Waals surface area contributed by atoms with Crippen LogP contribution >= 0.6 is 0 Å². The smallest absolute Gasteiger partial charge is 0.104 e. The van der Waals surface area contributed by atoms with Crippen LogP contribution < -0.4 is 4.90 Å². The molecule has 7 aromatic rings. The van der Waals surface area contributed by atoms with Gasteiger partial charge in [0, 0.05) is 34.8 Å². The average molecular weight is 467 g/mol. The Morgan fingerprint density at radius 1 is 0.806 bits per heavy atom. The zero-order chi connectivity index (χ0) is 23.6. The van der Waals surface area contributed by atoms with Crippen LogP contribution in [0.2, 0.25) is 0 Å². The Bertz CT molecular complexity index is 1920. The van der Waals surface area contributed by atoms with E-state index in [9.17, 15) is 0 Å². The van der Waals surface area contributed by atoms with Gasteiger partial charge in [0.1, 0.15) is 5.69 Å². The highest BCUT2D eigenvalue weighted by Gasteiger charge is 2.30. The summed E-state index contributed by atoms with van der Waals surface area (Å²) in [6.07, 6.45) is 4.87. The van der Waals surface area contributed by atoms with Crippen LogP contribution in [0.1, 0.15) is 5.56 Å². The lowest BCUT2D eigenvalue weighted by molar-refractivity contribution is 0.999. The molecule has 0 amide bonds. The van der Waals surface area contributed by atoms with Crippen LogP contribution in [0, 0.1) is 0 Å². The molecule has 0 aliphatic carbocycles. The molecule has 6 heteroatoms. The first kappa shape index (κ1) is 19.5. The highest BCUT2D eigenvalue weighted by molar-refractivity contribution is 6.13. The number of hydrogen-bond donors (Lipinski definition) is 3. The van der Waals surface area contributed by atoms with Gasteiger partial charge in [-0.25, -0.2) is 4.98 Å². The lowest BCUT2D eigenvalue weighted by atomic mass is 9.95. The van der Waals surface area contributed by atoms with E-state index in [1.54, 1.807) is 6.33 Å². The van der Waals surface area contributed by atoms with Crippen molar-refractivity contribution < 1.29 is 0 Å². The molecule has 1 aliphatic heterocycles. The lowest BCUT2D eigenvalue weighted by Gasteiger charge is -2.26. The molecule has 172 valence electrons. The van der Waals surface area contributed by atoms with E-state index < -0.39 is 0 Å². The number of benzene rings is 4. The summed E-state index contributed by atoms with van der Waals surface area (Å²) >= 11 is 0. The highest BCUT2D eigenvalue weighted by atomic mass is 15.2. The number of para-hydroxylation sites is 2. The molecule has 1 aliphatic rings. The molecule has 4 aromatic carbocycles. The number of nitrogens with zero attached hydrogens (tertiary/aromatic N) is 3. The third-order valence-electron chi connectivity index (χ3n) is 7.42. The molecule has 3 aromatic heterocycles. The molecule has 0 saturated carbocycles. The minimum absolute atomic E-state index is 0.899. The number of nitrogens with one attached hydrogen (secondary N) is 3. The van der Waals surface area contributed by atoms with Gasteiger partial charge in [-0.1, -0.05) is 60.7 Å². The second kappa shape index (κ2) is 7.33. The van der Waals surface area contributed by atoms with E-state index in [2.05, 4.69) is 99.0 Å². The first-order valence-electron chi connectivity index (χ1n) is 12.2. The summed E-state index contributed by atoms with van der Waals surface area (Å²) in [5.74, 6) is 0. The SMILES string of the molecule is c1ccc2c(c1)CCN2c1c(-c2[nH]cc3ccccc23)cc2[nH]cnc2c1-c1n[nH]c2ccccc12. The fraction of sp³-hybridized carbons (Fsp3) is 0.0667. The van der Waals surface area contributed by atoms with Crippen molar-refractivity contribution >= 4 is 44.1 Å². The third kappa shape index (κ3) is 2.66. The largest absolute Gasteiger partial charge is 0.360 e. The summed E-state index contributed by atoms with van der Waals surface area (Å²) in [5.41, 5.74) is 10.8. The van der Waals surface area contributed by atoms with E-state index in [1.807, 2.05) is 6.07 Å². The molecule has 0 saturated heterocycles. The van der Waals surface area contributed by atoms with Gasteiger partial charge in [0.2, 0.25) is 0 Å².